The van der Waals surface area contributed by atoms with E-state index >= 15 is 0 Å². The monoisotopic (exact) mass is 247 g/mol. The van der Waals surface area contributed by atoms with Crippen molar-refractivity contribution in [2.24, 2.45) is 5.92 Å². The molecule has 18 heavy (non-hydrogen) atoms. The molecule has 2 fully saturated rings. The Labute approximate surface area is 106 Å². The Morgan fingerprint density at radius 2 is 2.00 bits per heavy atom. The minimum absolute atomic E-state index is 0.154. The zero-order valence-electron chi connectivity index (χ0n) is 10.1. The molecule has 1 aliphatic carbocycles. The number of nitrogens with one attached hydrogen (secondary N) is 1. The lowest BCUT2D eigenvalue weighted by atomic mass is 10.0. The van der Waals surface area contributed by atoms with Crippen molar-refractivity contribution in [2.45, 2.75) is 31.4 Å². The van der Waals surface area contributed by atoms with E-state index in [0.29, 0.717) is 19.1 Å². The van der Waals surface area contributed by atoms with Crippen LogP contribution in [0.2, 0.25) is 0 Å². The third kappa shape index (κ3) is 2.48. The highest BCUT2D eigenvalue weighted by molar-refractivity contribution is 5.70. The summed E-state index contributed by atoms with van der Waals surface area (Å²) < 4.78 is 5.69. The molecule has 4 nitrogen and oxygen atoms in total. The second-order valence-electron chi connectivity index (χ2n) is 5.12. The molecule has 2 aliphatic rings. The lowest BCUT2D eigenvalue weighted by Gasteiger charge is -2.11. The van der Waals surface area contributed by atoms with Crippen molar-refractivity contribution in [3.8, 4) is 5.75 Å². The van der Waals surface area contributed by atoms with Crippen LogP contribution in [0.1, 0.15) is 30.9 Å². The van der Waals surface area contributed by atoms with E-state index in [1.807, 2.05) is 24.3 Å². The minimum atomic E-state index is -0.710. The third-order valence-electron chi connectivity index (χ3n) is 3.59. The van der Waals surface area contributed by atoms with Crippen molar-refractivity contribution in [2.75, 3.05) is 6.54 Å². The summed E-state index contributed by atoms with van der Waals surface area (Å²) in [6.45, 7) is 0.556. The van der Waals surface area contributed by atoms with E-state index in [2.05, 4.69) is 5.32 Å². The number of hydrogen-bond acceptors (Lipinski definition) is 3. The van der Waals surface area contributed by atoms with Gasteiger partial charge in [0.25, 0.3) is 0 Å². The van der Waals surface area contributed by atoms with Gasteiger partial charge in [0.05, 0.1) is 12.0 Å². The quantitative estimate of drug-likeness (QED) is 0.854. The van der Waals surface area contributed by atoms with Crippen molar-refractivity contribution < 1.29 is 14.6 Å². The lowest BCUT2D eigenvalue weighted by Crippen LogP contribution is -2.17. The first-order valence-electron chi connectivity index (χ1n) is 6.45. The van der Waals surface area contributed by atoms with Crippen molar-refractivity contribution in [3.63, 3.8) is 0 Å². The zero-order chi connectivity index (χ0) is 12.5. The summed E-state index contributed by atoms with van der Waals surface area (Å²) in [4.78, 5) is 10.9. The molecule has 2 atom stereocenters. The molecule has 1 saturated carbocycles. The molecule has 96 valence electrons. The van der Waals surface area contributed by atoms with Crippen LogP contribution in [-0.4, -0.2) is 23.7 Å². The molecule has 0 radical (unpaired) electrons. The molecular weight excluding hydrogens is 230 g/mol. The first-order valence-corrected chi connectivity index (χ1v) is 6.45. The van der Waals surface area contributed by atoms with Gasteiger partial charge in [-0.1, -0.05) is 12.1 Å². The molecule has 0 spiro atoms. The molecule has 1 aromatic rings. The Kier molecular flexibility index (Phi) is 2.96. The summed E-state index contributed by atoms with van der Waals surface area (Å²) in [5.74, 6) is -0.0647. The highest BCUT2D eigenvalue weighted by Crippen LogP contribution is 2.30. The van der Waals surface area contributed by atoms with Crippen LogP contribution < -0.4 is 10.1 Å². The molecule has 1 heterocycles. The van der Waals surface area contributed by atoms with Gasteiger partial charge in [-0.05, 0) is 37.0 Å². The Bertz CT molecular complexity index is 439. The van der Waals surface area contributed by atoms with E-state index in [1.165, 1.54) is 0 Å². The molecule has 2 N–H and O–H groups in total. The average Bonchev–Trinajstić information content (AvgIpc) is 3.04. The summed E-state index contributed by atoms with van der Waals surface area (Å²) in [6.07, 6.45) is 3.40. The van der Waals surface area contributed by atoms with Crippen LogP contribution in [0.15, 0.2) is 24.3 Å². The first kappa shape index (κ1) is 11.5. The second kappa shape index (κ2) is 4.61. The predicted octanol–water partition coefficient (Wildman–Crippen LogP) is 1.96. The molecule has 0 amide bonds. The van der Waals surface area contributed by atoms with Gasteiger partial charge in [0.2, 0.25) is 0 Å². The van der Waals surface area contributed by atoms with Crippen molar-refractivity contribution >= 4 is 5.97 Å². The van der Waals surface area contributed by atoms with Crippen LogP contribution in [0.5, 0.6) is 5.75 Å². The number of benzene rings is 1. The topological polar surface area (TPSA) is 58.6 Å². The van der Waals surface area contributed by atoms with E-state index in [0.717, 1.165) is 24.2 Å². The van der Waals surface area contributed by atoms with E-state index in [1.54, 1.807) is 0 Å². The van der Waals surface area contributed by atoms with Gasteiger partial charge in [-0.2, -0.15) is 0 Å². The normalized spacial score (nSPS) is 27.1. The van der Waals surface area contributed by atoms with E-state index in [-0.39, 0.29) is 12.0 Å². The maximum atomic E-state index is 10.9. The molecule has 4 heteroatoms. The van der Waals surface area contributed by atoms with Crippen LogP contribution in [0.3, 0.4) is 0 Å². The molecule has 0 bridgehead atoms. The highest BCUT2D eigenvalue weighted by Gasteiger charge is 2.30. The van der Waals surface area contributed by atoms with Gasteiger partial charge in [0.15, 0.2) is 0 Å². The van der Waals surface area contributed by atoms with Crippen molar-refractivity contribution in [3.05, 3.63) is 29.8 Å². The second-order valence-corrected chi connectivity index (χ2v) is 5.12. The number of ether oxygens (including phenoxy) is 1. The van der Waals surface area contributed by atoms with Gasteiger partial charge >= 0.3 is 5.97 Å². The number of rotatable bonds is 4. The number of aliphatic carboxylic acids is 1. The van der Waals surface area contributed by atoms with E-state index < -0.39 is 5.97 Å². The number of carboxylic acids is 1. The van der Waals surface area contributed by atoms with Crippen LogP contribution >= 0.6 is 0 Å². The number of carboxylic acid groups (broad SMARTS) is 1. The fraction of sp³-hybridized carbons (Fsp3) is 0.500. The lowest BCUT2D eigenvalue weighted by molar-refractivity contribution is -0.141. The van der Waals surface area contributed by atoms with Crippen molar-refractivity contribution in [1.29, 1.82) is 0 Å². The maximum Gasteiger partial charge on any atom is 0.307 e. The fourth-order valence-corrected chi connectivity index (χ4v) is 2.33. The summed E-state index contributed by atoms with van der Waals surface area (Å²) in [5.41, 5.74) is 1.14. The van der Waals surface area contributed by atoms with E-state index in [4.69, 9.17) is 9.84 Å². The van der Waals surface area contributed by atoms with Crippen LogP contribution in [0.25, 0.3) is 0 Å². The molecule has 0 aromatic heterocycles. The summed E-state index contributed by atoms with van der Waals surface area (Å²) in [6, 6.07) is 8.16. The summed E-state index contributed by atoms with van der Waals surface area (Å²) >= 11 is 0. The van der Waals surface area contributed by atoms with Crippen LogP contribution in [-0.2, 0) is 4.79 Å². The van der Waals surface area contributed by atoms with E-state index in [9.17, 15) is 4.79 Å². The molecule has 1 aromatic carbocycles. The molecule has 1 aliphatic heterocycles. The Morgan fingerprint density at radius 1 is 1.28 bits per heavy atom. The van der Waals surface area contributed by atoms with Gasteiger partial charge < -0.3 is 15.2 Å². The minimum Gasteiger partial charge on any atom is -0.490 e. The zero-order valence-corrected chi connectivity index (χ0v) is 10.1. The Hall–Kier alpha value is -1.55. The van der Waals surface area contributed by atoms with Gasteiger partial charge in [-0.25, -0.2) is 0 Å². The fourth-order valence-electron chi connectivity index (χ4n) is 2.33. The summed E-state index contributed by atoms with van der Waals surface area (Å²) in [5, 5.41) is 12.2. The molecule has 2 unspecified atom stereocenters. The van der Waals surface area contributed by atoms with Gasteiger partial charge in [0.1, 0.15) is 5.75 Å². The SMILES string of the molecule is O=C(O)C1CNC(c2ccc(OC3CC3)cc2)C1. The molecular formula is C14H17NO3. The molecule has 3 rings (SSSR count). The summed E-state index contributed by atoms with van der Waals surface area (Å²) in [7, 11) is 0. The van der Waals surface area contributed by atoms with Crippen LogP contribution in [0, 0.1) is 5.92 Å². The third-order valence-corrected chi connectivity index (χ3v) is 3.59. The van der Waals surface area contributed by atoms with Crippen molar-refractivity contribution in [1.82, 2.24) is 5.32 Å². The number of carbonyl (C=O) groups is 1. The average molecular weight is 247 g/mol. The number of hydrogen-bond donors (Lipinski definition) is 2. The smallest absolute Gasteiger partial charge is 0.307 e. The van der Waals surface area contributed by atoms with Crippen LogP contribution in [0.4, 0.5) is 0 Å². The standard InChI is InChI=1S/C14H17NO3/c16-14(17)10-7-13(15-8-10)9-1-3-11(4-2-9)18-12-5-6-12/h1-4,10,12-13,15H,5-8H2,(H,16,17). The Balaban J connectivity index is 1.63. The molecule has 1 saturated heterocycles. The van der Waals surface area contributed by atoms with Gasteiger partial charge in [-0.3, -0.25) is 4.79 Å². The first-order chi connectivity index (χ1) is 8.72. The maximum absolute atomic E-state index is 10.9. The highest BCUT2D eigenvalue weighted by atomic mass is 16.5. The predicted molar refractivity (Wildman–Crippen MR) is 66.6 cm³/mol. The van der Waals surface area contributed by atoms with Gasteiger partial charge in [-0.15, -0.1) is 0 Å². The van der Waals surface area contributed by atoms with Gasteiger partial charge in [0, 0.05) is 12.6 Å². The Morgan fingerprint density at radius 3 is 2.56 bits per heavy atom. The largest absolute Gasteiger partial charge is 0.490 e.